The van der Waals surface area contributed by atoms with Crippen LogP contribution in [0.2, 0.25) is 0 Å². The van der Waals surface area contributed by atoms with Crippen LogP contribution < -0.4 is 0 Å². The minimum atomic E-state index is -0.00370. The normalized spacial score (nSPS) is 12.8. The number of rotatable bonds is 6. The molecule has 1 aromatic carbocycles. The minimum absolute atomic E-state index is 0.00370. The Morgan fingerprint density at radius 2 is 1.58 bits per heavy atom. The second kappa shape index (κ2) is 7.32. The number of nitrogens with zero attached hydrogens (tertiary/aromatic N) is 1. The zero-order valence-electron chi connectivity index (χ0n) is 12.9. The second-order valence-corrected chi connectivity index (χ2v) is 5.68. The van der Waals surface area contributed by atoms with Crippen LogP contribution in [-0.4, -0.2) is 22.9 Å². The summed E-state index contributed by atoms with van der Waals surface area (Å²) in [7, 11) is 0. The monoisotopic (exact) mass is 261 g/mol. The predicted octanol–water partition coefficient (Wildman–Crippen LogP) is 4.22. The zero-order chi connectivity index (χ0) is 14.4. The van der Waals surface area contributed by atoms with Crippen LogP contribution in [0.3, 0.4) is 0 Å². The molecule has 19 heavy (non-hydrogen) atoms. The highest BCUT2D eigenvalue weighted by Crippen LogP contribution is 2.25. The van der Waals surface area contributed by atoms with Crippen LogP contribution in [0.1, 0.15) is 58.9 Å². The summed E-state index contributed by atoms with van der Waals surface area (Å²) < 4.78 is 0. The number of carbonyl (C=O) groups excluding carboxylic acids is 1. The van der Waals surface area contributed by atoms with Crippen LogP contribution in [0, 0.1) is 0 Å². The third-order valence-electron chi connectivity index (χ3n) is 3.44. The first kappa shape index (κ1) is 15.7. The molecule has 106 valence electrons. The Labute approximate surface area is 117 Å². The van der Waals surface area contributed by atoms with Gasteiger partial charge in [-0.2, -0.15) is 0 Å². The van der Waals surface area contributed by atoms with Crippen LogP contribution in [-0.2, 0) is 4.79 Å². The van der Waals surface area contributed by atoms with Crippen LogP contribution >= 0.6 is 0 Å². The summed E-state index contributed by atoms with van der Waals surface area (Å²) in [5, 5.41) is 0. The Morgan fingerprint density at radius 1 is 1.05 bits per heavy atom. The summed E-state index contributed by atoms with van der Waals surface area (Å²) >= 11 is 0. The Hall–Kier alpha value is -1.31. The lowest BCUT2D eigenvalue weighted by Crippen LogP contribution is -2.44. The SMILES string of the molecule is CCCC(C(=O)N(C(C)C)C(C)C)c1ccccc1. The van der Waals surface area contributed by atoms with Crippen LogP contribution in [0.25, 0.3) is 0 Å². The molecular formula is C17H27NO. The Bertz CT molecular complexity index is 376. The van der Waals surface area contributed by atoms with Gasteiger partial charge in [-0.1, -0.05) is 43.7 Å². The highest BCUT2D eigenvalue weighted by atomic mass is 16.2. The van der Waals surface area contributed by atoms with Gasteiger partial charge < -0.3 is 4.90 Å². The summed E-state index contributed by atoms with van der Waals surface area (Å²) in [6, 6.07) is 10.7. The van der Waals surface area contributed by atoms with Gasteiger partial charge >= 0.3 is 0 Å². The van der Waals surface area contributed by atoms with Gasteiger partial charge in [0.1, 0.15) is 0 Å². The molecule has 0 saturated heterocycles. The van der Waals surface area contributed by atoms with Crippen molar-refractivity contribution in [2.75, 3.05) is 0 Å². The zero-order valence-corrected chi connectivity index (χ0v) is 12.9. The molecule has 0 radical (unpaired) electrons. The molecule has 0 aliphatic heterocycles. The van der Waals surface area contributed by atoms with Gasteiger partial charge in [0.15, 0.2) is 0 Å². The van der Waals surface area contributed by atoms with Crippen molar-refractivity contribution in [1.29, 1.82) is 0 Å². The van der Waals surface area contributed by atoms with Gasteiger partial charge in [0.2, 0.25) is 5.91 Å². The number of hydrogen-bond donors (Lipinski definition) is 0. The molecule has 0 aliphatic carbocycles. The lowest BCUT2D eigenvalue weighted by molar-refractivity contribution is -0.136. The van der Waals surface area contributed by atoms with Crippen molar-refractivity contribution in [3.8, 4) is 0 Å². The Kier molecular flexibility index (Phi) is 6.07. The Balaban J connectivity index is 3.02. The van der Waals surface area contributed by atoms with Crippen molar-refractivity contribution in [2.45, 2.75) is 65.5 Å². The number of hydrogen-bond acceptors (Lipinski definition) is 1. The summed E-state index contributed by atoms with van der Waals surface area (Å²) in [4.78, 5) is 14.8. The first-order chi connectivity index (χ1) is 8.99. The molecule has 0 heterocycles. The van der Waals surface area contributed by atoms with E-state index in [4.69, 9.17) is 0 Å². The van der Waals surface area contributed by atoms with Crippen LogP contribution in [0.15, 0.2) is 30.3 Å². The summed E-state index contributed by atoms with van der Waals surface area (Å²) in [5.74, 6) is 0.258. The minimum Gasteiger partial charge on any atom is -0.337 e. The van der Waals surface area contributed by atoms with E-state index in [2.05, 4.69) is 46.8 Å². The lowest BCUT2D eigenvalue weighted by Gasteiger charge is -2.34. The largest absolute Gasteiger partial charge is 0.337 e. The number of carbonyl (C=O) groups is 1. The maximum Gasteiger partial charge on any atom is 0.230 e. The quantitative estimate of drug-likeness (QED) is 0.751. The fraction of sp³-hybridized carbons (Fsp3) is 0.588. The number of amides is 1. The molecule has 0 saturated carbocycles. The van der Waals surface area contributed by atoms with Crippen LogP contribution in [0.4, 0.5) is 0 Å². The summed E-state index contributed by atoms with van der Waals surface area (Å²) in [6.45, 7) is 10.5. The summed E-state index contributed by atoms with van der Waals surface area (Å²) in [5.41, 5.74) is 1.14. The molecule has 1 rings (SSSR count). The Morgan fingerprint density at radius 3 is 2.00 bits per heavy atom. The van der Waals surface area contributed by atoms with Gasteiger partial charge in [-0.05, 0) is 39.7 Å². The second-order valence-electron chi connectivity index (χ2n) is 5.68. The summed E-state index contributed by atoms with van der Waals surface area (Å²) in [6.07, 6.45) is 1.94. The van der Waals surface area contributed by atoms with E-state index in [-0.39, 0.29) is 23.9 Å². The first-order valence-electron chi connectivity index (χ1n) is 7.36. The highest BCUT2D eigenvalue weighted by molar-refractivity contribution is 5.84. The standard InChI is InChI=1S/C17H27NO/c1-6-10-16(15-11-8-7-9-12-15)17(19)18(13(2)3)14(4)5/h7-9,11-14,16H,6,10H2,1-5H3. The van der Waals surface area contributed by atoms with Gasteiger partial charge in [0, 0.05) is 12.1 Å². The fourth-order valence-electron chi connectivity index (χ4n) is 2.69. The van der Waals surface area contributed by atoms with Gasteiger partial charge in [0.05, 0.1) is 5.92 Å². The molecule has 0 fully saturated rings. The van der Waals surface area contributed by atoms with Gasteiger partial charge in [-0.15, -0.1) is 0 Å². The van der Waals surface area contributed by atoms with Gasteiger partial charge in [-0.25, -0.2) is 0 Å². The fourth-order valence-corrected chi connectivity index (χ4v) is 2.69. The van der Waals surface area contributed by atoms with E-state index < -0.39 is 0 Å². The topological polar surface area (TPSA) is 20.3 Å². The van der Waals surface area contributed by atoms with Crippen LogP contribution in [0.5, 0.6) is 0 Å². The molecule has 2 nitrogen and oxygen atoms in total. The average molecular weight is 261 g/mol. The molecular weight excluding hydrogens is 234 g/mol. The van der Waals surface area contributed by atoms with E-state index in [1.807, 2.05) is 23.1 Å². The van der Waals surface area contributed by atoms with Crippen molar-refractivity contribution in [1.82, 2.24) is 4.90 Å². The number of benzene rings is 1. The van der Waals surface area contributed by atoms with E-state index in [1.165, 1.54) is 0 Å². The molecule has 2 heteroatoms. The average Bonchev–Trinajstić information content (AvgIpc) is 2.36. The molecule has 0 N–H and O–H groups in total. The molecule has 0 aliphatic rings. The molecule has 0 bridgehead atoms. The first-order valence-corrected chi connectivity index (χ1v) is 7.36. The molecule has 1 unspecified atom stereocenters. The van der Waals surface area contributed by atoms with Crippen molar-refractivity contribution >= 4 is 5.91 Å². The van der Waals surface area contributed by atoms with Gasteiger partial charge in [0.25, 0.3) is 0 Å². The van der Waals surface area contributed by atoms with Gasteiger partial charge in [-0.3, -0.25) is 4.79 Å². The van der Waals surface area contributed by atoms with E-state index >= 15 is 0 Å². The third kappa shape index (κ3) is 4.09. The third-order valence-corrected chi connectivity index (χ3v) is 3.44. The van der Waals surface area contributed by atoms with Crippen molar-refractivity contribution in [3.05, 3.63) is 35.9 Å². The van der Waals surface area contributed by atoms with E-state index in [9.17, 15) is 4.79 Å². The van der Waals surface area contributed by atoms with E-state index in [0.29, 0.717) is 0 Å². The van der Waals surface area contributed by atoms with E-state index in [0.717, 1.165) is 18.4 Å². The molecule has 1 amide bonds. The van der Waals surface area contributed by atoms with Crippen molar-refractivity contribution in [2.24, 2.45) is 0 Å². The van der Waals surface area contributed by atoms with Crippen molar-refractivity contribution in [3.63, 3.8) is 0 Å². The maximum atomic E-state index is 12.8. The maximum absolute atomic E-state index is 12.8. The predicted molar refractivity (Wildman–Crippen MR) is 81.2 cm³/mol. The molecule has 1 atom stereocenters. The molecule has 0 aromatic heterocycles. The van der Waals surface area contributed by atoms with E-state index in [1.54, 1.807) is 0 Å². The lowest BCUT2D eigenvalue weighted by atomic mass is 9.92. The molecule has 0 spiro atoms. The van der Waals surface area contributed by atoms with Crippen molar-refractivity contribution < 1.29 is 4.79 Å². The smallest absolute Gasteiger partial charge is 0.230 e. The highest BCUT2D eigenvalue weighted by Gasteiger charge is 2.28. The molecule has 1 aromatic rings.